The Morgan fingerprint density at radius 2 is 1.94 bits per heavy atom. The summed E-state index contributed by atoms with van der Waals surface area (Å²) in [4.78, 5) is 27.5. The van der Waals surface area contributed by atoms with Crippen molar-refractivity contribution in [2.75, 3.05) is 24.6 Å². The Hall–Kier alpha value is -2.76. The van der Waals surface area contributed by atoms with Crippen molar-refractivity contribution in [3.05, 3.63) is 52.8 Å². The number of carbonyl (C=O) groups is 2. The first-order chi connectivity index (χ1) is 16.8. The first-order valence-electron chi connectivity index (χ1n) is 13.2. The van der Waals surface area contributed by atoms with Gasteiger partial charge in [-0.3, -0.25) is 4.79 Å². The molecule has 1 heterocycles. The van der Waals surface area contributed by atoms with Crippen molar-refractivity contribution < 1.29 is 19.4 Å². The predicted octanol–water partition coefficient (Wildman–Crippen LogP) is 5.39. The van der Waals surface area contributed by atoms with E-state index in [0.29, 0.717) is 24.7 Å². The Morgan fingerprint density at radius 3 is 2.60 bits per heavy atom. The number of aryl methyl sites for hydroxylation is 1. The fourth-order valence-electron chi connectivity index (χ4n) is 5.99. The van der Waals surface area contributed by atoms with E-state index < -0.39 is 5.97 Å². The van der Waals surface area contributed by atoms with Crippen LogP contribution in [0.2, 0.25) is 0 Å². The molecule has 1 saturated carbocycles. The third-order valence-corrected chi connectivity index (χ3v) is 7.59. The highest BCUT2D eigenvalue weighted by atomic mass is 16.5. The fourth-order valence-corrected chi connectivity index (χ4v) is 5.99. The number of anilines is 1. The Kier molecular flexibility index (Phi) is 7.88. The zero-order valence-electron chi connectivity index (χ0n) is 21.5. The summed E-state index contributed by atoms with van der Waals surface area (Å²) < 4.78 is 5.73. The monoisotopic (exact) mass is 480 g/mol. The van der Waals surface area contributed by atoms with E-state index in [9.17, 15) is 14.7 Å². The van der Waals surface area contributed by atoms with Gasteiger partial charge in [-0.25, -0.2) is 4.79 Å². The molecule has 1 aromatic carbocycles. The van der Waals surface area contributed by atoms with Gasteiger partial charge in [-0.05, 0) is 74.5 Å². The molecule has 2 fully saturated rings. The van der Waals surface area contributed by atoms with Crippen LogP contribution in [0.5, 0.6) is 0 Å². The number of hydrogen-bond acceptors (Lipinski definition) is 4. The van der Waals surface area contributed by atoms with Crippen LogP contribution < -0.4 is 10.2 Å². The molecule has 4 atom stereocenters. The number of carboxylic acid groups (broad SMARTS) is 1. The molecule has 1 aromatic rings. The number of nitrogens with one attached hydrogen (secondary N) is 1. The van der Waals surface area contributed by atoms with Gasteiger partial charge in [-0.1, -0.05) is 38.1 Å². The number of benzene rings is 1. The van der Waals surface area contributed by atoms with Gasteiger partial charge in [-0.2, -0.15) is 0 Å². The second kappa shape index (κ2) is 10.9. The molecule has 1 amide bonds. The molecule has 2 unspecified atom stereocenters. The Bertz CT molecular complexity index is 1010. The first kappa shape index (κ1) is 25.3. The topological polar surface area (TPSA) is 78.9 Å². The molecular formula is C29H40N2O4. The summed E-state index contributed by atoms with van der Waals surface area (Å²) in [6, 6.07) is 6.40. The van der Waals surface area contributed by atoms with E-state index >= 15 is 0 Å². The molecule has 1 saturated heterocycles. The zero-order valence-corrected chi connectivity index (χ0v) is 21.5. The van der Waals surface area contributed by atoms with Gasteiger partial charge < -0.3 is 20.1 Å². The minimum absolute atomic E-state index is 0.0109. The SMILES string of the molecule is CCOC1=C(C(=O)O)C=C[C@@H]2C(CC(=O)N[C@@H](CC(C)C)c3cccc(C)c3N3CCCCC3)C12. The van der Waals surface area contributed by atoms with Gasteiger partial charge in [0.15, 0.2) is 0 Å². The first-order valence-corrected chi connectivity index (χ1v) is 13.2. The van der Waals surface area contributed by atoms with Gasteiger partial charge in [-0.15, -0.1) is 0 Å². The number of hydrogen-bond donors (Lipinski definition) is 2. The Morgan fingerprint density at radius 1 is 1.20 bits per heavy atom. The number of carbonyl (C=O) groups excluding carboxylic acids is 1. The smallest absolute Gasteiger partial charge is 0.339 e. The van der Waals surface area contributed by atoms with Crippen molar-refractivity contribution in [3.8, 4) is 0 Å². The normalized spacial score (nSPS) is 24.3. The summed E-state index contributed by atoms with van der Waals surface area (Å²) in [7, 11) is 0. The van der Waals surface area contributed by atoms with Gasteiger partial charge in [0.2, 0.25) is 5.91 Å². The highest BCUT2D eigenvalue weighted by Gasteiger charge is 2.55. The molecule has 1 aliphatic heterocycles. The van der Waals surface area contributed by atoms with Crippen molar-refractivity contribution in [1.82, 2.24) is 5.32 Å². The van der Waals surface area contributed by atoms with Crippen LogP contribution in [0.25, 0.3) is 0 Å². The molecule has 0 spiro atoms. The van der Waals surface area contributed by atoms with Crippen LogP contribution in [0.15, 0.2) is 41.7 Å². The molecule has 35 heavy (non-hydrogen) atoms. The van der Waals surface area contributed by atoms with Gasteiger partial charge in [0.1, 0.15) is 5.76 Å². The Labute approximate surface area is 209 Å². The van der Waals surface area contributed by atoms with Crippen molar-refractivity contribution >= 4 is 17.6 Å². The van der Waals surface area contributed by atoms with E-state index in [2.05, 4.69) is 49.2 Å². The number of ether oxygens (including phenoxy) is 1. The number of carboxylic acids is 1. The fraction of sp³-hybridized carbons (Fsp3) is 0.586. The molecule has 3 aliphatic rings. The number of para-hydroxylation sites is 1. The van der Waals surface area contributed by atoms with E-state index in [-0.39, 0.29) is 35.3 Å². The van der Waals surface area contributed by atoms with E-state index in [1.54, 1.807) is 6.08 Å². The summed E-state index contributed by atoms with van der Waals surface area (Å²) in [6.07, 6.45) is 8.54. The third kappa shape index (κ3) is 5.57. The minimum Gasteiger partial charge on any atom is -0.497 e. The van der Waals surface area contributed by atoms with Crippen LogP contribution >= 0.6 is 0 Å². The molecule has 190 valence electrons. The third-order valence-electron chi connectivity index (χ3n) is 7.59. The number of nitrogens with zero attached hydrogens (tertiary/aromatic N) is 1. The van der Waals surface area contributed by atoms with Crippen molar-refractivity contribution in [2.45, 2.75) is 65.8 Å². The van der Waals surface area contributed by atoms with Crippen LogP contribution in [0.1, 0.15) is 70.0 Å². The molecule has 0 bridgehead atoms. The summed E-state index contributed by atoms with van der Waals surface area (Å²) >= 11 is 0. The van der Waals surface area contributed by atoms with Crippen molar-refractivity contribution in [1.29, 1.82) is 0 Å². The summed E-state index contributed by atoms with van der Waals surface area (Å²) in [6.45, 7) is 11.0. The second-order valence-electron chi connectivity index (χ2n) is 10.7. The quantitative estimate of drug-likeness (QED) is 0.470. The summed E-state index contributed by atoms with van der Waals surface area (Å²) in [5.74, 6) is 0.285. The van der Waals surface area contributed by atoms with E-state index in [1.165, 1.54) is 36.1 Å². The van der Waals surface area contributed by atoms with E-state index in [0.717, 1.165) is 19.5 Å². The number of rotatable bonds is 10. The van der Waals surface area contributed by atoms with E-state index in [1.807, 2.05) is 13.0 Å². The number of aliphatic carboxylic acids is 1. The highest BCUT2D eigenvalue weighted by Crippen LogP contribution is 2.57. The highest BCUT2D eigenvalue weighted by molar-refractivity contribution is 5.91. The molecule has 4 rings (SSSR count). The molecule has 0 aromatic heterocycles. The molecule has 0 radical (unpaired) electrons. The standard InChI is InChI=1S/C29H40N2O4/c1-5-35-28-22(29(33)34)13-12-20-23(26(20)28)17-25(32)30-24(16-18(2)3)21-11-9-10-19(4)27(21)31-14-7-6-8-15-31/h9-13,18,20,23-24,26H,5-8,14-17H2,1-4H3,(H,30,32)(H,33,34)/t20-,23?,24+,26?/m1/s1. The maximum atomic E-state index is 13.3. The lowest BCUT2D eigenvalue weighted by Gasteiger charge is -2.34. The predicted molar refractivity (Wildman–Crippen MR) is 138 cm³/mol. The van der Waals surface area contributed by atoms with Gasteiger partial charge in [0.25, 0.3) is 0 Å². The largest absolute Gasteiger partial charge is 0.497 e. The number of allylic oxidation sites excluding steroid dienone is 2. The molecule has 2 aliphatic carbocycles. The Balaban J connectivity index is 1.51. The molecule has 6 heteroatoms. The van der Waals surface area contributed by atoms with Crippen LogP contribution in [0, 0.1) is 30.6 Å². The molecule has 6 nitrogen and oxygen atoms in total. The molecule has 2 N–H and O–H groups in total. The lowest BCUT2D eigenvalue weighted by Crippen LogP contribution is -2.34. The summed E-state index contributed by atoms with van der Waals surface area (Å²) in [5.41, 5.74) is 3.98. The molecular weight excluding hydrogens is 440 g/mol. The van der Waals surface area contributed by atoms with E-state index in [4.69, 9.17) is 4.74 Å². The minimum atomic E-state index is -0.972. The van der Waals surface area contributed by atoms with Gasteiger partial charge in [0.05, 0.1) is 18.2 Å². The van der Waals surface area contributed by atoms with Gasteiger partial charge >= 0.3 is 5.97 Å². The lowest BCUT2D eigenvalue weighted by atomic mass is 9.92. The van der Waals surface area contributed by atoms with Crippen molar-refractivity contribution in [3.63, 3.8) is 0 Å². The van der Waals surface area contributed by atoms with Gasteiger partial charge in [0, 0.05) is 31.1 Å². The summed E-state index contributed by atoms with van der Waals surface area (Å²) in [5, 5.41) is 12.9. The average molecular weight is 481 g/mol. The lowest BCUT2D eigenvalue weighted by molar-refractivity contribution is -0.132. The van der Waals surface area contributed by atoms with Crippen LogP contribution in [0.3, 0.4) is 0 Å². The maximum absolute atomic E-state index is 13.3. The number of amides is 1. The number of piperidine rings is 1. The van der Waals surface area contributed by atoms with Crippen LogP contribution in [-0.4, -0.2) is 36.7 Å². The van der Waals surface area contributed by atoms with Crippen LogP contribution in [-0.2, 0) is 14.3 Å². The maximum Gasteiger partial charge on any atom is 0.339 e. The average Bonchev–Trinajstić information content (AvgIpc) is 3.51. The van der Waals surface area contributed by atoms with Crippen LogP contribution in [0.4, 0.5) is 5.69 Å². The zero-order chi connectivity index (χ0) is 25.1. The number of fused-ring (bicyclic) bond motifs is 1. The van der Waals surface area contributed by atoms with Crippen molar-refractivity contribution in [2.24, 2.45) is 23.7 Å². The second-order valence-corrected chi connectivity index (χ2v) is 10.7.